The van der Waals surface area contributed by atoms with E-state index in [0.29, 0.717) is 6.42 Å². The van der Waals surface area contributed by atoms with E-state index in [9.17, 15) is 18.0 Å². The second-order valence-corrected chi connectivity index (χ2v) is 4.10. The smallest absolute Gasteiger partial charge is 0.300 e. The van der Waals surface area contributed by atoms with E-state index in [2.05, 4.69) is 11.6 Å². The fourth-order valence-electron chi connectivity index (χ4n) is 1.93. The number of ketones is 1. The van der Waals surface area contributed by atoms with Crippen LogP contribution in [0.3, 0.4) is 0 Å². The van der Waals surface area contributed by atoms with Crippen molar-refractivity contribution in [3.05, 3.63) is 35.4 Å². The van der Waals surface area contributed by atoms with Gasteiger partial charge in [-0.25, -0.2) is 0 Å². The summed E-state index contributed by atoms with van der Waals surface area (Å²) in [7, 11) is 0. The maximum atomic E-state index is 12.8. The highest BCUT2D eigenvalue weighted by Crippen LogP contribution is 2.37. The average molecular weight is 325 g/mol. The first kappa shape index (κ1) is 22.3. The summed E-state index contributed by atoms with van der Waals surface area (Å²) in [4.78, 5) is 11.1. The highest BCUT2D eigenvalue weighted by molar-refractivity contribution is 6.15. The molecule has 0 bridgehead atoms. The van der Waals surface area contributed by atoms with E-state index < -0.39 is 11.7 Å². The molecular formula is C16H24ClF3O. The van der Waals surface area contributed by atoms with Crippen LogP contribution >= 0.6 is 11.6 Å². The van der Waals surface area contributed by atoms with Crippen LogP contribution < -0.4 is 0 Å². The van der Waals surface area contributed by atoms with Gasteiger partial charge >= 0.3 is 6.18 Å². The molecule has 0 aliphatic rings. The van der Waals surface area contributed by atoms with E-state index in [0.717, 1.165) is 6.07 Å². The predicted octanol–water partition coefficient (Wildman–Crippen LogP) is 6.06. The second kappa shape index (κ2) is 11.6. The van der Waals surface area contributed by atoms with Gasteiger partial charge in [0, 0.05) is 12.8 Å². The molecule has 122 valence electrons. The third-order valence-electron chi connectivity index (χ3n) is 2.73. The van der Waals surface area contributed by atoms with E-state index in [-0.39, 0.29) is 23.7 Å². The Labute approximate surface area is 130 Å². The molecule has 0 heterocycles. The van der Waals surface area contributed by atoms with Crippen molar-refractivity contribution in [3.63, 3.8) is 0 Å². The molecule has 0 fully saturated rings. The number of hydrogen-bond acceptors (Lipinski definition) is 1. The molecule has 21 heavy (non-hydrogen) atoms. The Hall–Kier alpha value is -1.03. The van der Waals surface area contributed by atoms with Crippen molar-refractivity contribution in [2.45, 2.75) is 52.6 Å². The van der Waals surface area contributed by atoms with Gasteiger partial charge in [0.25, 0.3) is 0 Å². The van der Waals surface area contributed by atoms with Crippen LogP contribution in [0.5, 0.6) is 0 Å². The van der Waals surface area contributed by atoms with Crippen LogP contribution in [0.1, 0.15) is 57.6 Å². The van der Waals surface area contributed by atoms with Crippen molar-refractivity contribution in [1.29, 1.82) is 0 Å². The molecular weight excluding hydrogens is 301 g/mol. The van der Waals surface area contributed by atoms with Crippen LogP contribution in [0.2, 0.25) is 0 Å². The minimum atomic E-state index is -4.36. The van der Waals surface area contributed by atoms with Gasteiger partial charge in [-0.15, -0.1) is 11.6 Å². The van der Waals surface area contributed by atoms with Crippen LogP contribution in [0.25, 0.3) is 0 Å². The van der Waals surface area contributed by atoms with E-state index in [1.165, 1.54) is 25.4 Å². The quantitative estimate of drug-likeness (QED) is 0.615. The predicted molar refractivity (Wildman–Crippen MR) is 82.9 cm³/mol. The molecule has 1 aromatic carbocycles. The number of alkyl halides is 4. The van der Waals surface area contributed by atoms with Crippen LogP contribution in [0, 0.1) is 0 Å². The first-order valence-corrected chi connectivity index (χ1v) is 7.65. The molecule has 5 heteroatoms. The highest BCUT2D eigenvalue weighted by Gasteiger charge is 2.34. The van der Waals surface area contributed by atoms with Gasteiger partial charge in [-0.3, -0.25) is 0 Å². The summed E-state index contributed by atoms with van der Waals surface area (Å²) in [6.07, 6.45) is -2.21. The maximum absolute atomic E-state index is 12.8. The molecule has 0 saturated carbocycles. The Morgan fingerprint density at radius 3 is 2.05 bits per heavy atom. The summed E-state index contributed by atoms with van der Waals surface area (Å²) in [5.74, 6) is -0.445. The number of carbonyl (C=O) groups excluding carboxylic acids is 1. The van der Waals surface area contributed by atoms with Crippen molar-refractivity contribution in [3.8, 4) is 0 Å². The number of rotatable bonds is 4. The molecule has 1 rings (SSSR count). The van der Waals surface area contributed by atoms with Crippen LogP contribution in [0.15, 0.2) is 24.3 Å². The number of Topliss-reactive ketones (excluding diaryl/α,β-unsaturated/α-hetero) is 1. The molecule has 0 aromatic heterocycles. The lowest BCUT2D eigenvalue weighted by molar-refractivity contribution is -0.138. The van der Waals surface area contributed by atoms with E-state index in [4.69, 9.17) is 0 Å². The molecule has 0 aliphatic carbocycles. The lowest BCUT2D eigenvalue weighted by atomic mass is 9.88. The van der Waals surface area contributed by atoms with Gasteiger partial charge in [0.05, 0.1) is 5.56 Å². The SMILES string of the molecule is CC.CC[C@@H](CC(C)=O)c1ccccc1C(F)(F)F.CCl. The van der Waals surface area contributed by atoms with Crippen LogP contribution in [-0.4, -0.2) is 12.2 Å². The minimum Gasteiger partial charge on any atom is -0.300 e. The normalized spacial score (nSPS) is 11.5. The van der Waals surface area contributed by atoms with Crippen molar-refractivity contribution >= 4 is 17.4 Å². The minimum absolute atomic E-state index is 0.0890. The third-order valence-corrected chi connectivity index (χ3v) is 2.73. The Morgan fingerprint density at radius 2 is 1.67 bits per heavy atom. The second-order valence-electron chi connectivity index (χ2n) is 4.10. The fraction of sp³-hybridized carbons (Fsp3) is 0.562. The number of halogens is 4. The fourth-order valence-corrected chi connectivity index (χ4v) is 1.93. The molecule has 0 saturated heterocycles. The monoisotopic (exact) mass is 324 g/mol. The van der Waals surface area contributed by atoms with Crippen molar-refractivity contribution in [2.24, 2.45) is 0 Å². The lowest BCUT2D eigenvalue weighted by Crippen LogP contribution is -2.13. The highest BCUT2D eigenvalue weighted by atomic mass is 35.5. The molecule has 0 amide bonds. The topological polar surface area (TPSA) is 17.1 Å². The number of hydrogen-bond donors (Lipinski definition) is 0. The van der Waals surface area contributed by atoms with Gasteiger partial charge in [0.15, 0.2) is 0 Å². The molecule has 1 atom stereocenters. The molecule has 1 aromatic rings. The van der Waals surface area contributed by atoms with E-state index >= 15 is 0 Å². The summed E-state index contributed by atoms with van der Waals surface area (Å²) in [6, 6.07) is 5.47. The Balaban J connectivity index is 0. The lowest BCUT2D eigenvalue weighted by Gasteiger charge is -2.19. The first-order chi connectivity index (χ1) is 9.86. The molecule has 1 nitrogen and oxygen atoms in total. The molecule has 0 aliphatic heterocycles. The number of benzene rings is 1. The van der Waals surface area contributed by atoms with E-state index in [1.54, 1.807) is 13.0 Å². The third kappa shape index (κ3) is 8.10. The Morgan fingerprint density at radius 1 is 1.19 bits per heavy atom. The Kier molecular flexibility index (Phi) is 12.3. The van der Waals surface area contributed by atoms with Crippen molar-refractivity contribution < 1.29 is 18.0 Å². The summed E-state index contributed by atoms with van der Waals surface area (Å²) >= 11 is 4.64. The zero-order valence-corrected chi connectivity index (χ0v) is 14.0. The van der Waals surface area contributed by atoms with E-state index in [1.807, 2.05) is 13.8 Å². The maximum Gasteiger partial charge on any atom is 0.416 e. The summed E-state index contributed by atoms with van der Waals surface area (Å²) in [6.45, 7) is 7.19. The first-order valence-electron chi connectivity index (χ1n) is 6.89. The molecule has 0 unspecified atom stereocenters. The van der Waals surface area contributed by atoms with Gasteiger partial charge < -0.3 is 4.79 Å². The van der Waals surface area contributed by atoms with Gasteiger partial charge in [-0.2, -0.15) is 13.2 Å². The molecule has 0 spiro atoms. The molecule has 0 N–H and O–H groups in total. The zero-order valence-electron chi connectivity index (χ0n) is 13.2. The van der Waals surface area contributed by atoms with Crippen molar-refractivity contribution in [1.82, 2.24) is 0 Å². The zero-order chi connectivity index (χ0) is 17.1. The van der Waals surface area contributed by atoms with Crippen LogP contribution in [-0.2, 0) is 11.0 Å². The van der Waals surface area contributed by atoms with Gasteiger partial charge in [0.1, 0.15) is 5.78 Å². The summed E-state index contributed by atoms with van der Waals surface area (Å²) < 4.78 is 38.4. The summed E-state index contributed by atoms with van der Waals surface area (Å²) in [5, 5.41) is 0. The van der Waals surface area contributed by atoms with Crippen LogP contribution in [0.4, 0.5) is 13.2 Å². The largest absolute Gasteiger partial charge is 0.416 e. The van der Waals surface area contributed by atoms with Gasteiger partial charge in [-0.1, -0.05) is 39.0 Å². The average Bonchev–Trinajstić information content (AvgIpc) is 2.48. The van der Waals surface area contributed by atoms with Gasteiger partial charge in [-0.05, 0) is 30.9 Å². The van der Waals surface area contributed by atoms with Gasteiger partial charge in [0.2, 0.25) is 0 Å². The molecule has 0 radical (unpaired) electrons. The Bertz CT molecular complexity index is 403. The number of carbonyl (C=O) groups is 1. The summed E-state index contributed by atoms with van der Waals surface area (Å²) in [5.41, 5.74) is -0.411. The standard InChI is InChI=1S/C13H15F3O.C2H6.CH3Cl/c1-3-10(8-9(2)17)11-6-4-5-7-12(11)13(14,15)16;2*1-2/h4-7,10H,3,8H2,1-2H3;1-2H3;1H3/t10-;;/m0../s1. The van der Waals surface area contributed by atoms with Crippen molar-refractivity contribution in [2.75, 3.05) is 6.38 Å².